The van der Waals surface area contributed by atoms with Crippen LogP contribution in [0.4, 0.5) is 0 Å². The highest BCUT2D eigenvalue weighted by Crippen LogP contribution is 2.50. The van der Waals surface area contributed by atoms with Crippen molar-refractivity contribution in [3.8, 4) is 0 Å². The number of aromatic nitrogens is 3. The number of nitrogens with zero attached hydrogens (tertiary/aromatic N) is 4. The van der Waals surface area contributed by atoms with Gasteiger partial charge in [-0.3, -0.25) is 9.69 Å². The van der Waals surface area contributed by atoms with Gasteiger partial charge in [-0.2, -0.15) is 4.98 Å². The average molecular weight is 450 g/mol. The first-order valence-corrected chi connectivity index (χ1v) is 11.7. The summed E-state index contributed by atoms with van der Waals surface area (Å²) in [6.07, 6.45) is 2.81. The summed E-state index contributed by atoms with van der Waals surface area (Å²) in [6, 6.07) is 10.6. The second kappa shape index (κ2) is 8.74. The van der Waals surface area contributed by atoms with E-state index in [1.807, 2.05) is 26.8 Å². The minimum atomic E-state index is -0.213. The van der Waals surface area contributed by atoms with Crippen molar-refractivity contribution >= 4 is 5.91 Å². The molecule has 1 aliphatic carbocycles. The molecule has 8 heteroatoms. The van der Waals surface area contributed by atoms with E-state index in [2.05, 4.69) is 49.8 Å². The second-order valence-corrected chi connectivity index (χ2v) is 9.66. The van der Waals surface area contributed by atoms with Crippen LogP contribution in [0.5, 0.6) is 0 Å². The molecule has 1 aliphatic heterocycles. The van der Waals surface area contributed by atoms with Gasteiger partial charge in [-0.05, 0) is 51.5 Å². The van der Waals surface area contributed by atoms with Crippen LogP contribution in [0.1, 0.15) is 53.6 Å². The molecule has 0 radical (unpaired) electrons. The van der Waals surface area contributed by atoms with Gasteiger partial charge >= 0.3 is 0 Å². The topological polar surface area (TPSA) is 97.3 Å². The average Bonchev–Trinajstić information content (AvgIpc) is 3.52. The Morgan fingerprint density at radius 3 is 2.70 bits per heavy atom. The Hall–Kier alpha value is -3.00. The van der Waals surface area contributed by atoms with Gasteiger partial charge in [-0.25, -0.2) is 0 Å². The molecule has 1 aromatic carbocycles. The molecule has 3 atom stereocenters. The number of carbonyl (C=O) groups excluding carboxylic acids is 1. The zero-order valence-corrected chi connectivity index (χ0v) is 19.5. The summed E-state index contributed by atoms with van der Waals surface area (Å²) in [7, 11) is 0. The van der Waals surface area contributed by atoms with E-state index in [9.17, 15) is 4.79 Å². The normalized spacial score (nSPS) is 24.8. The number of amides is 1. The van der Waals surface area contributed by atoms with E-state index >= 15 is 0 Å². The predicted molar refractivity (Wildman–Crippen MR) is 121 cm³/mol. The molecular formula is C25H31N5O3. The second-order valence-electron chi connectivity index (χ2n) is 9.66. The first-order chi connectivity index (χ1) is 15.9. The van der Waals surface area contributed by atoms with Crippen molar-refractivity contribution in [1.82, 2.24) is 25.5 Å². The van der Waals surface area contributed by atoms with Crippen LogP contribution in [0.2, 0.25) is 0 Å². The molecule has 33 heavy (non-hydrogen) atoms. The summed E-state index contributed by atoms with van der Waals surface area (Å²) >= 11 is 0. The molecule has 3 heterocycles. The van der Waals surface area contributed by atoms with Gasteiger partial charge in [-0.15, -0.1) is 0 Å². The lowest BCUT2D eigenvalue weighted by Gasteiger charge is -2.25. The quantitative estimate of drug-likeness (QED) is 0.591. The highest BCUT2D eigenvalue weighted by Gasteiger charge is 2.57. The number of hydrogen-bond acceptors (Lipinski definition) is 7. The number of benzene rings is 1. The standard InChI is InChI=1S/C25H31N5O3/c1-16-22(17(2)32-28-16)9-10-23(31)27-21-11-20-14-30(13-19-7-5-4-6-8-19)15-25(20,12-21)24-26-18(3)29-33-24/h4-8,20-21H,9-15H2,1-3H3,(H,27,31)/t20-,21+,25-/m0/s1. The highest BCUT2D eigenvalue weighted by molar-refractivity contribution is 5.76. The molecule has 8 nitrogen and oxygen atoms in total. The molecule has 2 aliphatic rings. The van der Waals surface area contributed by atoms with Crippen LogP contribution in [0.25, 0.3) is 0 Å². The fourth-order valence-electron chi connectivity index (χ4n) is 5.77. The SMILES string of the molecule is Cc1noc([C@]23C[C@H](NC(=O)CCc4c(C)noc4C)C[C@H]2CN(Cc2ccccc2)C3)n1. The maximum absolute atomic E-state index is 12.8. The van der Waals surface area contributed by atoms with E-state index in [0.717, 1.165) is 49.5 Å². The summed E-state index contributed by atoms with van der Waals surface area (Å²) < 4.78 is 10.9. The number of rotatable bonds is 7. The van der Waals surface area contributed by atoms with Gasteiger partial charge in [0.2, 0.25) is 11.8 Å². The molecule has 1 amide bonds. The van der Waals surface area contributed by atoms with Gasteiger partial charge in [0.25, 0.3) is 0 Å². The summed E-state index contributed by atoms with van der Waals surface area (Å²) in [5.41, 5.74) is 2.98. The predicted octanol–water partition coefficient (Wildman–Crippen LogP) is 3.26. The van der Waals surface area contributed by atoms with Crippen molar-refractivity contribution in [3.05, 3.63) is 64.6 Å². The molecule has 1 saturated heterocycles. The molecular weight excluding hydrogens is 418 g/mol. The number of nitrogens with one attached hydrogen (secondary N) is 1. The minimum absolute atomic E-state index is 0.0676. The van der Waals surface area contributed by atoms with Crippen molar-refractivity contribution in [1.29, 1.82) is 0 Å². The van der Waals surface area contributed by atoms with Crippen LogP contribution in [-0.2, 0) is 23.2 Å². The van der Waals surface area contributed by atoms with Gasteiger partial charge in [0.1, 0.15) is 5.76 Å². The van der Waals surface area contributed by atoms with Gasteiger partial charge in [0, 0.05) is 37.7 Å². The van der Waals surface area contributed by atoms with Gasteiger partial charge in [-0.1, -0.05) is 40.6 Å². The first kappa shape index (κ1) is 21.8. The van der Waals surface area contributed by atoms with E-state index in [1.54, 1.807) is 0 Å². The minimum Gasteiger partial charge on any atom is -0.361 e. The van der Waals surface area contributed by atoms with Crippen molar-refractivity contribution in [3.63, 3.8) is 0 Å². The smallest absolute Gasteiger partial charge is 0.234 e. The fourth-order valence-corrected chi connectivity index (χ4v) is 5.77. The molecule has 174 valence electrons. The number of likely N-dealkylation sites (tertiary alicyclic amines) is 1. The fraction of sp³-hybridized carbons (Fsp3) is 0.520. The number of aryl methyl sites for hydroxylation is 3. The van der Waals surface area contributed by atoms with Crippen LogP contribution in [0.3, 0.4) is 0 Å². The Bertz CT molecular complexity index is 1100. The maximum atomic E-state index is 12.8. The molecule has 5 rings (SSSR count). The third kappa shape index (κ3) is 4.31. The number of carbonyl (C=O) groups is 1. The van der Waals surface area contributed by atoms with Gasteiger partial charge < -0.3 is 14.4 Å². The largest absolute Gasteiger partial charge is 0.361 e. The summed E-state index contributed by atoms with van der Waals surface area (Å²) in [4.78, 5) is 19.9. The monoisotopic (exact) mass is 449 g/mol. The van der Waals surface area contributed by atoms with E-state index < -0.39 is 0 Å². The number of hydrogen-bond donors (Lipinski definition) is 1. The summed E-state index contributed by atoms with van der Waals surface area (Å²) in [6.45, 7) is 8.39. The third-order valence-electron chi connectivity index (χ3n) is 7.30. The van der Waals surface area contributed by atoms with E-state index in [1.165, 1.54) is 5.56 Å². The van der Waals surface area contributed by atoms with Crippen LogP contribution in [-0.4, -0.2) is 45.2 Å². The maximum Gasteiger partial charge on any atom is 0.234 e. The van der Waals surface area contributed by atoms with Crippen LogP contribution < -0.4 is 5.32 Å². The molecule has 3 aromatic rings. The first-order valence-electron chi connectivity index (χ1n) is 11.7. The Morgan fingerprint density at radius 2 is 2.00 bits per heavy atom. The van der Waals surface area contributed by atoms with Crippen molar-refractivity contribution in [2.75, 3.05) is 13.1 Å². The van der Waals surface area contributed by atoms with E-state index in [-0.39, 0.29) is 17.4 Å². The molecule has 2 aromatic heterocycles. The molecule has 0 spiro atoms. The Labute approximate surface area is 193 Å². The Kier molecular flexibility index (Phi) is 5.78. The Morgan fingerprint density at radius 1 is 1.18 bits per heavy atom. The zero-order valence-electron chi connectivity index (χ0n) is 19.5. The van der Waals surface area contributed by atoms with Gasteiger partial charge in [0.05, 0.1) is 11.1 Å². The van der Waals surface area contributed by atoms with Crippen LogP contribution >= 0.6 is 0 Å². The Balaban J connectivity index is 1.26. The van der Waals surface area contributed by atoms with Crippen molar-refractivity contribution < 1.29 is 13.8 Å². The van der Waals surface area contributed by atoms with Crippen LogP contribution in [0.15, 0.2) is 39.4 Å². The van der Waals surface area contributed by atoms with Crippen molar-refractivity contribution in [2.45, 2.75) is 64.5 Å². The van der Waals surface area contributed by atoms with E-state index in [4.69, 9.17) is 9.05 Å². The van der Waals surface area contributed by atoms with E-state index in [0.29, 0.717) is 30.5 Å². The highest BCUT2D eigenvalue weighted by atomic mass is 16.5. The third-order valence-corrected chi connectivity index (χ3v) is 7.30. The molecule has 0 unspecified atom stereocenters. The lowest BCUT2D eigenvalue weighted by Crippen LogP contribution is -2.38. The molecule has 1 N–H and O–H groups in total. The summed E-state index contributed by atoms with van der Waals surface area (Å²) in [5, 5.41) is 11.3. The lowest BCUT2D eigenvalue weighted by molar-refractivity contribution is -0.121. The number of fused-ring (bicyclic) bond motifs is 1. The van der Waals surface area contributed by atoms with Crippen molar-refractivity contribution in [2.24, 2.45) is 5.92 Å². The molecule has 0 bridgehead atoms. The molecule has 1 saturated carbocycles. The van der Waals surface area contributed by atoms with Gasteiger partial charge in [0.15, 0.2) is 5.82 Å². The molecule has 2 fully saturated rings. The summed E-state index contributed by atoms with van der Waals surface area (Å²) in [5.74, 6) is 2.60. The lowest BCUT2D eigenvalue weighted by atomic mass is 9.80. The zero-order chi connectivity index (χ0) is 23.0. The van der Waals surface area contributed by atoms with Crippen LogP contribution in [0, 0.1) is 26.7 Å².